The first-order valence-electron chi connectivity index (χ1n) is 18.5. The lowest BCUT2D eigenvalue weighted by atomic mass is 9.96. The van der Waals surface area contributed by atoms with E-state index in [9.17, 15) is 24.0 Å². The topological polar surface area (TPSA) is 194 Å². The number of thiophene rings is 1. The number of hydrogen-bond donors (Lipinski definition) is 4. The summed E-state index contributed by atoms with van der Waals surface area (Å²) in [6.07, 6.45) is 11.0. The summed E-state index contributed by atoms with van der Waals surface area (Å²) in [6.45, 7) is 0.0303. The third-order valence-corrected chi connectivity index (χ3v) is 11.6. The van der Waals surface area contributed by atoms with Gasteiger partial charge in [-0.05, 0) is 81.4 Å². The van der Waals surface area contributed by atoms with Crippen LogP contribution >= 0.6 is 11.3 Å². The molecule has 15 nitrogen and oxygen atoms in total. The molecular formula is C37H42N8O7S. The molecule has 4 fully saturated rings. The van der Waals surface area contributed by atoms with Gasteiger partial charge in [0.05, 0.1) is 12.1 Å². The molecule has 3 saturated carbocycles. The summed E-state index contributed by atoms with van der Waals surface area (Å²) in [6, 6.07) is 5.34. The van der Waals surface area contributed by atoms with Crippen molar-refractivity contribution in [2.45, 2.75) is 100 Å². The van der Waals surface area contributed by atoms with E-state index in [1.165, 1.54) is 16.2 Å². The van der Waals surface area contributed by atoms with E-state index < -0.39 is 47.5 Å². The Bertz CT molecular complexity index is 1930. The van der Waals surface area contributed by atoms with Gasteiger partial charge in [-0.25, -0.2) is 9.78 Å². The lowest BCUT2D eigenvalue weighted by Gasteiger charge is -2.31. The summed E-state index contributed by atoms with van der Waals surface area (Å²) in [7, 11) is 0. The molecule has 3 aromatic heterocycles. The van der Waals surface area contributed by atoms with E-state index in [0.717, 1.165) is 38.5 Å². The minimum atomic E-state index is -1.31. The van der Waals surface area contributed by atoms with Crippen molar-refractivity contribution < 1.29 is 33.4 Å². The van der Waals surface area contributed by atoms with Gasteiger partial charge in [-0.2, -0.15) is 4.98 Å². The van der Waals surface area contributed by atoms with Crippen molar-refractivity contribution in [1.82, 2.24) is 41.3 Å². The molecule has 0 unspecified atom stereocenters. The van der Waals surface area contributed by atoms with Crippen LogP contribution in [0.2, 0.25) is 0 Å². The van der Waals surface area contributed by atoms with Gasteiger partial charge < -0.3 is 25.0 Å². The maximum absolute atomic E-state index is 14.5. The number of pyridine rings is 1. The zero-order valence-corrected chi connectivity index (χ0v) is 29.9. The summed E-state index contributed by atoms with van der Waals surface area (Å²) < 4.78 is 12.8. The van der Waals surface area contributed by atoms with Gasteiger partial charge in [-0.15, -0.1) is 11.3 Å². The molecule has 5 amide bonds. The number of carbonyl (C=O) groups is 5. The Morgan fingerprint density at radius 3 is 2.62 bits per heavy atom. The van der Waals surface area contributed by atoms with Gasteiger partial charge in [0.15, 0.2) is 5.82 Å². The molecule has 5 atom stereocenters. The molecule has 0 aromatic carbocycles. The van der Waals surface area contributed by atoms with Crippen molar-refractivity contribution >= 4 is 51.3 Å². The van der Waals surface area contributed by atoms with Crippen LogP contribution in [0.5, 0.6) is 5.88 Å². The maximum atomic E-state index is 14.5. The van der Waals surface area contributed by atoms with Gasteiger partial charge in [-0.1, -0.05) is 24.6 Å². The van der Waals surface area contributed by atoms with Crippen molar-refractivity contribution in [2.75, 3.05) is 6.54 Å². The van der Waals surface area contributed by atoms with E-state index in [1.54, 1.807) is 18.3 Å². The molecule has 16 heteroatoms. The smallest absolute Gasteiger partial charge is 0.408 e. The fraction of sp³-hybridized carbons (Fsp3) is 0.514. The number of carbonyl (C=O) groups excluding carboxylic acids is 5. The van der Waals surface area contributed by atoms with Gasteiger partial charge in [0.2, 0.25) is 23.6 Å². The van der Waals surface area contributed by atoms with E-state index in [4.69, 9.17) is 14.5 Å². The first-order valence-corrected chi connectivity index (χ1v) is 19.4. The maximum Gasteiger partial charge on any atom is 0.408 e. The largest absolute Gasteiger partial charge is 0.471 e. The molecule has 1 saturated heterocycles. The predicted octanol–water partition coefficient (Wildman–Crippen LogP) is 3.31. The Morgan fingerprint density at radius 1 is 0.981 bits per heavy atom. The van der Waals surface area contributed by atoms with E-state index in [2.05, 4.69) is 31.5 Å². The summed E-state index contributed by atoms with van der Waals surface area (Å²) >= 11 is 1.42. The quantitative estimate of drug-likeness (QED) is 0.206. The van der Waals surface area contributed by atoms with E-state index in [-0.39, 0.29) is 36.8 Å². The highest BCUT2D eigenvalue weighted by molar-refractivity contribution is 7.17. The third kappa shape index (κ3) is 7.54. The Hall–Kier alpha value is -5.12. The molecule has 3 aromatic rings. The number of aromatic nitrogens is 3. The van der Waals surface area contributed by atoms with Crippen LogP contribution < -0.4 is 26.2 Å². The van der Waals surface area contributed by atoms with Gasteiger partial charge in [0.1, 0.15) is 40.2 Å². The average Bonchev–Trinajstić information content (AvgIpc) is 4.01. The summed E-state index contributed by atoms with van der Waals surface area (Å²) in [5, 5.41) is 7.66. The monoisotopic (exact) mass is 742 g/mol. The zero-order valence-electron chi connectivity index (χ0n) is 29.1. The SMILES string of the molecule is O=C(N[C@H]1CCCC/C=C\[C@@H]2C[C@@]2(C(=O)NNC(=O)C2CC2)NC(=O)[C@@H]2C[C@@H](Oc3nc(-c4ccccn4)nc4ccsc34)CN2C1=O)OC1CCC1. The molecule has 3 aliphatic carbocycles. The average molecular weight is 743 g/mol. The van der Waals surface area contributed by atoms with Crippen LogP contribution in [0.15, 0.2) is 48.0 Å². The number of nitrogens with one attached hydrogen (secondary N) is 4. The van der Waals surface area contributed by atoms with E-state index in [1.807, 2.05) is 29.7 Å². The van der Waals surface area contributed by atoms with E-state index in [0.29, 0.717) is 53.3 Å². The molecule has 0 bridgehead atoms. The molecule has 8 rings (SSSR count). The molecular weight excluding hydrogens is 701 g/mol. The highest BCUT2D eigenvalue weighted by Gasteiger charge is 2.61. The number of hydrogen-bond acceptors (Lipinski definition) is 11. The molecule has 0 spiro atoms. The van der Waals surface area contributed by atoms with Gasteiger partial charge in [0, 0.05) is 24.5 Å². The normalized spacial score (nSPS) is 28.0. The first-order chi connectivity index (χ1) is 25.8. The van der Waals surface area contributed by atoms with Gasteiger partial charge in [0.25, 0.3) is 5.91 Å². The predicted molar refractivity (Wildman–Crippen MR) is 192 cm³/mol. The van der Waals surface area contributed by atoms with Crippen molar-refractivity contribution in [3.05, 3.63) is 48.0 Å². The fourth-order valence-corrected chi connectivity index (χ4v) is 7.93. The molecule has 278 valence electrons. The number of nitrogens with zero attached hydrogens (tertiary/aromatic N) is 4. The van der Waals surface area contributed by atoms with Crippen molar-refractivity contribution in [3.63, 3.8) is 0 Å². The highest BCUT2D eigenvalue weighted by atomic mass is 32.1. The second kappa shape index (κ2) is 14.7. The second-order valence-electron chi connectivity index (χ2n) is 14.5. The van der Waals surface area contributed by atoms with Gasteiger partial charge in [-0.3, -0.25) is 35.0 Å². The number of ether oxygens (including phenoxy) is 2. The highest BCUT2D eigenvalue weighted by Crippen LogP contribution is 2.45. The lowest BCUT2D eigenvalue weighted by Crippen LogP contribution is -2.59. The van der Waals surface area contributed by atoms with Crippen molar-refractivity contribution in [3.8, 4) is 17.4 Å². The lowest BCUT2D eigenvalue weighted by molar-refractivity contribution is -0.141. The standard InChI is InChI=1S/C37H42N8O7S/c46-31(21-13-14-21)43-44-35(49)37-19-22(37)8-3-1-2-4-12-27(40-36(50)52-23-9-7-10-23)34(48)45-20-24(18-28(45)32(47)42-37)51-33-29-25(15-17-53-29)39-30(41-33)26-11-5-6-16-38-26/h3,5-6,8,11,15-17,21-24,27-28H,1-2,4,7,9-10,12-14,18-20H2,(H,40,50)(H,42,47)(H,43,46)(H,44,49)/b8-3-/t22-,24-,27+,28+,37-/m1/s1. The van der Waals surface area contributed by atoms with Gasteiger partial charge >= 0.3 is 6.09 Å². The number of allylic oxidation sites excluding steroid dienone is 1. The van der Waals surface area contributed by atoms with Crippen LogP contribution in [0.4, 0.5) is 4.79 Å². The van der Waals surface area contributed by atoms with E-state index >= 15 is 0 Å². The molecule has 53 heavy (non-hydrogen) atoms. The number of fused-ring (bicyclic) bond motifs is 3. The van der Waals surface area contributed by atoms with Crippen LogP contribution in [0.1, 0.15) is 70.6 Å². The second-order valence-corrected chi connectivity index (χ2v) is 15.5. The Morgan fingerprint density at radius 2 is 1.85 bits per heavy atom. The minimum Gasteiger partial charge on any atom is -0.471 e. The summed E-state index contributed by atoms with van der Waals surface area (Å²) in [4.78, 5) is 83.0. The Labute approximate surface area is 309 Å². The van der Waals surface area contributed by atoms with Crippen molar-refractivity contribution in [2.24, 2.45) is 11.8 Å². The number of hydrazine groups is 1. The Balaban J connectivity index is 1.07. The first kappa shape index (κ1) is 34.9. The molecule has 4 N–H and O–H groups in total. The Kier molecular flexibility index (Phi) is 9.70. The fourth-order valence-electron chi connectivity index (χ4n) is 7.17. The van der Waals surface area contributed by atoms with Crippen LogP contribution in [-0.2, 0) is 23.9 Å². The molecule has 5 aliphatic rings. The molecule has 2 aliphatic heterocycles. The van der Waals surface area contributed by atoms with Crippen LogP contribution in [0, 0.1) is 11.8 Å². The third-order valence-electron chi connectivity index (χ3n) is 10.7. The summed E-state index contributed by atoms with van der Waals surface area (Å²) in [5.74, 6) is -1.47. The summed E-state index contributed by atoms with van der Waals surface area (Å²) in [5.41, 5.74) is 4.98. The van der Waals surface area contributed by atoms with Crippen LogP contribution in [0.25, 0.3) is 21.7 Å². The van der Waals surface area contributed by atoms with Crippen molar-refractivity contribution in [1.29, 1.82) is 0 Å². The number of alkyl carbamates (subject to hydrolysis) is 1. The minimum absolute atomic E-state index is 0.0303. The zero-order chi connectivity index (χ0) is 36.5. The number of rotatable bonds is 7. The number of amides is 5. The molecule has 0 radical (unpaired) electrons. The van der Waals surface area contributed by atoms with Crippen LogP contribution in [0.3, 0.4) is 0 Å². The van der Waals surface area contributed by atoms with Crippen LogP contribution in [-0.4, -0.2) is 85.9 Å². The molecule has 5 heterocycles.